The Labute approximate surface area is 306 Å². The number of hydrogen-bond acceptors (Lipinski definition) is 1. The van der Waals surface area contributed by atoms with Crippen LogP contribution in [0.2, 0.25) is 0 Å². The van der Waals surface area contributed by atoms with E-state index in [1.54, 1.807) is 0 Å². The average molecular weight is 666 g/mol. The number of anilines is 3. The summed E-state index contributed by atoms with van der Waals surface area (Å²) in [5.41, 5.74) is 15.8. The standard InChI is InChI=1S/C51H39N/c1-51(2)49(35-45-33-43-15-9-10-16-44(43)34-50(45)51)42-25-31-48(32-26-42)52(46-27-21-40(22-28-46)37-13-7-4-8-14-37)47-29-23-41(24-30-47)39-19-17-38(18-20-39)36-11-5-3-6-12-36/h3-35H,1-2H3. The van der Waals surface area contributed by atoms with Crippen molar-refractivity contribution in [2.45, 2.75) is 19.3 Å². The Hall–Kier alpha value is -6.44. The van der Waals surface area contributed by atoms with E-state index < -0.39 is 0 Å². The Balaban J connectivity index is 1.06. The monoisotopic (exact) mass is 665 g/mol. The molecule has 0 unspecified atom stereocenters. The van der Waals surface area contributed by atoms with Gasteiger partial charge in [0.2, 0.25) is 0 Å². The van der Waals surface area contributed by atoms with Crippen LogP contribution in [0.25, 0.3) is 55.8 Å². The summed E-state index contributed by atoms with van der Waals surface area (Å²) in [4.78, 5) is 2.36. The number of nitrogens with zero attached hydrogens (tertiary/aromatic N) is 1. The van der Waals surface area contributed by atoms with Crippen LogP contribution in [0.3, 0.4) is 0 Å². The summed E-state index contributed by atoms with van der Waals surface area (Å²) in [6, 6.07) is 70.4. The zero-order valence-electron chi connectivity index (χ0n) is 29.5. The van der Waals surface area contributed by atoms with Crippen LogP contribution in [-0.4, -0.2) is 0 Å². The fourth-order valence-electron chi connectivity index (χ4n) is 7.80. The number of allylic oxidation sites excluding steroid dienone is 1. The van der Waals surface area contributed by atoms with Gasteiger partial charge in [0.25, 0.3) is 0 Å². The van der Waals surface area contributed by atoms with Crippen LogP contribution in [0, 0.1) is 0 Å². The first-order valence-electron chi connectivity index (χ1n) is 18.1. The number of fused-ring (bicyclic) bond motifs is 2. The highest BCUT2D eigenvalue weighted by Crippen LogP contribution is 2.48. The van der Waals surface area contributed by atoms with Crippen molar-refractivity contribution in [3.8, 4) is 33.4 Å². The minimum Gasteiger partial charge on any atom is -0.311 e. The molecule has 0 amide bonds. The van der Waals surface area contributed by atoms with Crippen LogP contribution in [0.4, 0.5) is 17.1 Å². The molecule has 1 aliphatic rings. The van der Waals surface area contributed by atoms with Crippen molar-refractivity contribution in [3.63, 3.8) is 0 Å². The smallest absolute Gasteiger partial charge is 0.0462 e. The second-order valence-corrected chi connectivity index (χ2v) is 14.3. The molecule has 9 rings (SSSR count). The Kier molecular flexibility index (Phi) is 7.90. The van der Waals surface area contributed by atoms with Crippen molar-refractivity contribution >= 4 is 39.5 Å². The average Bonchev–Trinajstić information content (AvgIpc) is 3.47. The molecule has 0 aromatic heterocycles. The van der Waals surface area contributed by atoms with Gasteiger partial charge in [0.05, 0.1) is 0 Å². The maximum atomic E-state index is 2.39. The molecule has 1 aliphatic carbocycles. The minimum absolute atomic E-state index is 0.0943. The third-order valence-corrected chi connectivity index (χ3v) is 10.7. The van der Waals surface area contributed by atoms with Crippen molar-refractivity contribution in [1.82, 2.24) is 0 Å². The molecule has 0 radical (unpaired) electrons. The molecule has 248 valence electrons. The van der Waals surface area contributed by atoms with Gasteiger partial charge in [-0.25, -0.2) is 0 Å². The van der Waals surface area contributed by atoms with E-state index >= 15 is 0 Å². The van der Waals surface area contributed by atoms with Crippen molar-refractivity contribution in [3.05, 3.63) is 211 Å². The van der Waals surface area contributed by atoms with Gasteiger partial charge >= 0.3 is 0 Å². The van der Waals surface area contributed by atoms with Crippen LogP contribution in [0.15, 0.2) is 194 Å². The molecule has 0 saturated heterocycles. The lowest BCUT2D eigenvalue weighted by atomic mass is 9.78. The molecular formula is C51H39N. The largest absolute Gasteiger partial charge is 0.311 e. The van der Waals surface area contributed by atoms with E-state index in [0.29, 0.717) is 0 Å². The van der Waals surface area contributed by atoms with E-state index in [-0.39, 0.29) is 5.41 Å². The lowest BCUT2D eigenvalue weighted by molar-refractivity contribution is 0.705. The number of hydrogen-bond donors (Lipinski definition) is 0. The molecule has 0 bridgehead atoms. The molecule has 0 aliphatic heterocycles. The van der Waals surface area contributed by atoms with Gasteiger partial charge < -0.3 is 4.90 Å². The van der Waals surface area contributed by atoms with Crippen LogP contribution in [0.1, 0.15) is 30.5 Å². The van der Waals surface area contributed by atoms with Gasteiger partial charge in [0.1, 0.15) is 0 Å². The fourth-order valence-corrected chi connectivity index (χ4v) is 7.80. The lowest BCUT2D eigenvalue weighted by Gasteiger charge is -2.28. The van der Waals surface area contributed by atoms with Gasteiger partial charge in [-0.2, -0.15) is 0 Å². The first-order valence-corrected chi connectivity index (χ1v) is 18.1. The zero-order valence-corrected chi connectivity index (χ0v) is 29.5. The highest BCUT2D eigenvalue weighted by Gasteiger charge is 2.34. The van der Waals surface area contributed by atoms with Gasteiger partial charge in [-0.1, -0.05) is 159 Å². The molecule has 0 heterocycles. The van der Waals surface area contributed by atoms with Gasteiger partial charge in [-0.3, -0.25) is 0 Å². The molecule has 52 heavy (non-hydrogen) atoms. The van der Waals surface area contributed by atoms with Crippen molar-refractivity contribution in [2.75, 3.05) is 4.90 Å². The van der Waals surface area contributed by atoms with E-state index in [2.05, 4.69) is 219 Å². The van der Waals surface area contributed by atoms with Crippen LogP contribution in [-0.2, 0) is 5.41 Å². The summed E-state index contributed by atoms with van der Waals surface area (Å²) >= 11 is 0. The summed E-state index contributed by atoms with van der Waals surface area (Å²) in [5.74, 6) is 0. The summed E-state index contributed by atoms with van der Waals surface area (Å²) < 4.78 is 0. The van der Waals surface area contributed by atoms with Gasteiger partial charge in [0, 0.05) is 22.5 Å². The summed E-state index contributed by atoms with van der Waals surface area (Å²) in [7, 11) is 0. The zero-order chi connectivity index (χ0) is 35.1. The summed E-state index contributed by atoms with van der Waals surface area (Å²) in [6.07, 6.45) is 2.39. The van der Waals surface area contributed by atoms with E-state index in [0.717, 1.165) is 17.1 Å². The maximum absolute atomic E-state index is 2.39. The first-order chi connectivity index (χ1) is 25.5. The van der Waals surface area contributed by atoms with Crippen molar-refractivity contribution in [2.24, 2.45) is 0 Å². The SMILES string of the molecule is CC1(C)C(c2ccc(N(c3ccc(-c4ccccc4)cc3)c3ccc(-c4ccc(-c5ccccc5)cc4)cc3)cc2)=Cc2cc3ccccc3cc21. The Morgan fingerprint density at radius 1 is 0.346 bits per heavy atom. The van der Waals surface area contributed by atoms with Crippen LogP contribution >= 0.6 is 0 Å². The predicted octanol–water partition coefficient (Wildman–Crippen LogP) is 14.1. The topological polar surface area (TPSA) is 3.24 Å². The molecule has 0 atom stereocenters. The van der Waals surface area contributed by atoms with Gasteiger partial charge in [-0.05, 0) is 121 Å². The molecule has 0 saturated carbocycles. The van der Waals surface area contributed by atoms with Crippen molar-refractivity contribution < 1.29 is 0 Å². The third kappa shape index (κ3) is 5.81. The van der Waals surface area contributed by atoms with Crippen molar-refractivity contribution in [1.29, 1.82) is 0 Å². The number of rotatable bonds is 7. The van der Waals surface area contributed by atoms with Crippen LogP contribution < -0.4 is 4.90 Å². The summed E-state index contributed by atoms with van der Waals surface area (Å²) in [5, 5.41) is 2.58. The molecule has 8 aromatic rings. The first kappa shape index (κ1) is 31.5. The van der Waals surface area contributed by atoms with E-state index in [4.69, 9.17) is 0 Å². The Morgan fingerprint density at radius 3 is 1.13 bits per heavy atom. The lowest BCUT2D eigenvalue weighted by Crippen LogP contribution is -2.16. The highest BCUT2D eigenvalue weighted by molar-refractivity contribution is 5.98. The second-order valence-electron chi connectivity index (χ2n) is 14.3. The minimum atomic E-state index is -0.0943. The highest BCUT2D eigenvalue weighted by atomic mass is 15.1. The molecule has 1 nitrogen and oxygen atoms in total. The quantitative estimate of drug-likeness (QED) is 0.164. The predicted molar refractivity (Wildman–Crippen MR) is 222 cm³/mol. The molecule has 0 fully saturated rings. The van der Waals surface area contributed by atoms with E-state index in [1.165, 1.54) is 66.4 Å². The summed E-state index contributed by atoms with van der Waals surface area (Å²) in [6.45, 7) is 4.70. The Bertz CT molecular complexity index is 2520. The molecule has 0 N–H and O–H groups in total. The molecule has 1 heteroatoms. The number of benzene rings is 8. The van der Waals surface area contributed by atoms with E-state index in [9.17, 15) is 0 Å². The molecule has 8 aromatic carbocycles. The molecular weight excluding hydrogens is 627 g/mol. The molecule has 0 spiro atoms. The fraction of sp³-hybridized carbons (Fsp3) is 0.0588. The normalized spacial score (nSPS) is 13.1. The Morgan fingerprint density at radius 2 is 0.692 bits per heavy atom. The third-order valence-electron chi connectivity index (χ3n) is 10.7. The van der Waals surface area contributed by atoms with Crippen LogP contribution in [0.5, 0.6) is 0 Å². The second kappa shape index (κ2) is 13.0. The van der Waals surface area contributed by atoms with E-state index in [1.807, 2.05) is 0 Å². The maximum Gasteiger partial charge on any atom is 0.0462 e. The van der Waals surface area contributed by atoms with Gasteiger partial charge in [0.15, 0.2) is 0 Å². The van der Waals surface area contributed by atoms with Gasteiger partial charge in [-0.15, -0.1) is 0 Å².